The van der Waals surface area contributed by atoms with Crippen LogP contribution in [0.25, 0.3) is 0 Å². The van der Waals surface area contributed by atoms with Crippen LogP contribution in [-0.4, -0.2) is 59.7 Å². The smallest absolute Gasteiger partial charge is 0.280 e. The lowest BCUT2D eigenvalue weighted by Crippen LogP contribution is -2.49. The molecule has 29 heavy (non-hydrogen) atoms. The fourth-order valence-corrected chi connectivity index (χ4v) is 5.23. The lowest BCUT2D eigenvalue weighted by molar-refractivity contribution is -0.121. The highest BCUT2D eigenvalue weighted by Gasteiger charge is 2.43. The van der Waals surface area contributed by atoms with E-state index in [0.29, 0.717) is 5.69 Å². The van der Waals surface area contributed by atoms with Crippen molar-refractivity contribution in [1.29, 1.82) is 0 Å². The minimum Gasteiger partial charge on any atom is -0.415 e. The molecule has 11 heteroatoms. The van der Waals surface area contributed by atoms with E-state index in [4.69, 9.17) is 16.0 Å². The fraction of sp³-hybridized carbons (Fsp3) is 0.611. The van der Waals surface area contributed by atoms with Crippen molar-refractivity contribution < 1.29 is 22.0 Å². The molecule has 0 radical (unpaired) electrons. The third-order valence-corrected chi connectivity index (χ3v) is 12.0. The summed E-state index contributed by atoms with van der Waals surface area (Å²) in [6.07, 6.45) is 0. The molecule has 0 aromatic heterocycles. The molecular formula is C18H29ClFN3O4SSi. The summed E-state index contributed by atoms with van der Waals surface area (Å²) in [5.41, 5.74) is 0.378. The zero-order valence-corrected chi connectivity index (χ0v) is 20.2. The Morgan fingerprint density at radius 2 is 2.03 bits per heavy atom. The Morgan fingerprint density at radius 1 is 1.41 bits per heavy atom. The number of nitrogens with zero attached hydrogens (tertiary/aromatic N) is 2. The maximum Gasteiger partial charge on any atom is 0.280 e. The van der Waals surface area contributed by atoms with Gasteiger partial charge in [-0.1, -0.05) is 32.4 Å². The van der Waals surface area contributed by atoms with E-state index in [1.807, 2.05) is 0 Å². The predicted octanol–water partition coefficient (Wildman–Crippen LogP) is 2.98. The van der Waals surface area contributed by atoms with Gasteiger partial charge in [0.2, 0.25) is 5.91 Å². The third-order valence-electron chi connectivity index (χ3n) is 5.60. The van der Waals surface area contributed by atoms with Crippen molar-refractivity contribution >= 4 is 41.7 Å². The monoisotopic (exact) mass is 465 g/mol. The summed E-state index contributed by atoms with van der Waals surface area (Å²) < 4.78 is 47.8. The molecule has 164 valence electrons. The molecule has 1 aromatic carbocycles. The Bertz CT molecular complexity index is 876. The van der Waals surface area contributed by atoms with Crippen LogP contribution in [0.4, 0.5) is 10.1 Å². The van der Waals surface area contributed by atoms with Crippen molar-refractivity contribution in [3.8, 4) is 0 Å². The van der Waals surface area contributed by atoms with Crippen LogP contribution >= 0.6 is 11.6 Å². The average molecular weight is 466 g/mol. The highest BCUT2D eigenvalue weighted by molar-refractivity contribution is 7.87. The van der Waals surface area contributed by atoms with E-state index in [1.54, 1.807) is 0 Å². The molecule has 1 aromatic rings. The Kier molecular flexibility index (Phi) is 7.18. The van der Waals surface area contributed by atoms with Gasteiger partial charge in [0, 0.05) is 32.4 Å². The highest BCUT2D eigenvalue weighted by atomic mass is 35.5. The van der Waals surface area contributed by atoms with Crippen LogP contribution in [0.5, 0.6) is 0 Å². The van der Waals surface area contributed by atoms with Crippen LogP contribution in [0.15, 0.2) is 18.2 Å². The molecule has 1 unspecified atom stereocenters. The van der Waals surface area contributed by atoms with E-state index in [-0.39, 0.29) is 29.8 Å². The van der Waals surface area contributed by atoms with E-state index >= 15 is 0 Å². The van der Waals surface area contributed by atoms with Crippen molar-refractivity contribution in [3.05, 3.63) is 29.0 Å². The molecular weight excluding hydrogens is 437 g/mol. The van der Waals surface area contributed by atoms with Crippen LogP contribution in [0, 0.1) is 5.82 Å². The van der Waals surface area contributed by atoms with Crippen LogP contribution in [-0.2, 0) is 19.4 Å². The SMILES string of the molecule is CN(C(=O)C1CNS(=O)(=O)N1CCO[Si](C)(C)C(C)(C)C)c1ccc(F)c(Cl)c1. The molecule has 1 fully saturated rings. The van der Waals surface area contributed by atoms with Crippen LogP contribution in [0.2, 0.25) is 23.2 Å². The van der Waals surface area contributed by atoms with Gasteiger partial charge in [0.15, 0.2) is 8.32 Å². The van der Waals surface area contributed by atoms with Crippen molar-refractivity contribution in [3.63, 3.8) is 0 Å². The van der Waals surface area contributed by atoms with E-state index < -0.39 is 36.3 Å². The zero-order valence-electron chi connectivity index (χ0n) is 17.6. The number of nitrogens with one attached hydrogen (secondary N) is 1. The topological polar surface area (TPSA) is 79.0 Å². The first-order valence-corrected chi connectivity index (χ1v) is 14.0. The number of halogens is 2. The van der Waals surface area contributed by atoms with Gasteiger partial charge in [-0.3, -0.25) is 4.79 Å². The second-order valence-corrected chi connectivity index (χ2v) is 15.5. The summed E-state index contributed by atoms with van der Waals surface area (Å²) in [5, 5.41) is -0.120. The van der Waals surface area contributed by atoms with Gasteiger partial charge >= 0.3 is 0 Å². The second kappa shape index (κ2) is 8.60. The third kappa shape index (κ3) is 5.36. The lowest BCUT2D eigenvalue weighted by atomic mass is 10.2. The van der Waals surface area contributed by atoms with Gasteiger partial charge in [0.05, 0.1) is 5.02 Å². The molecule has 0 bridgehead atoms. The highest BCUT2D eigenvalue weighted by Crippen LogP contribution is 2.36. The summed E-state index contributed by atoms with van der Waals surface area (Å²) in [7, 11) is -4.32. The number of carbonyl (C=O) groups is 1. The number of hydrogen-bond donors (Lipinski definition) is 1. The average Bonchev–Trinajstić information content (AvgIpc) is 2.90. The minimum absolute atomic E-state index is 0.00752. The molecule has 1 heterocycles. The van der Waals surface area contributed by atoms with Crippen LogP contribution in [0.3, 0.4) is 0 Å². The molecule has 7 nitrogen and oxygen atoms in total. The van der Waals surface area contributed by atoms with E-state index in [1.165, 1.54) is 24.1 Å². The first-order valence-electron chi connectivity index (χ1n) is 9.30. The summed E-state index contributed by atoms with van der Waals surface area (Å²) in [6, 6.07) is 2.99. The van der Waals surface area contributed by atoms with Crippen molar-refractivity contribution in [2.24, 2.45) is 0 Å². The first kappa shape index (κ1) is 24.2. The first-order chi connectivity index (χ1) is 13.2. The normalized spacial score (nSPS) is 20.1. The molecule has 1 aliphatic rings. The Labute approximate surface area is 178 Å². The summed E-state index contributed by atoms with van der Waals surface area (Å²) in [4.78, 5) is 14.2. The molecule has 1 amide bonds. The van der Waals surface area contributed by atoms with Gasteiger partial charge in [-0.25, -0.2) is 4.39 Å². The number of carbonyl (C=O) groups excluding carboxylic acids is 1. The minimum atomic E-state index is -3.78. The number of amides is 1. The van der Waals surface area contributed by atoms with Gasteiger partial charge in [-0.05, 0) is 36.3 Å². The summed E-state index contributed by atoms with van der Waals surface area (Å²) in [6.45, 7) is 10.7. The fourth-order valence-electron chi connectivity index (χ4n) is 2.67. The van der Waals surface area contributed by atoms with Crippen LogP contribution < -0.4 is 9.62 Å². The van der Waals surface area contributed by atoms with Crippen LogP contribution in [0.1, 0.15) is 20.8 Å². The van der Waals surface area contributed by atoms with Gasteiger partial charge in [-0.15, -0.1) is 0 Å². The second-order valence-electron chi connectivity index (χ2n) is 8.58. The molecule has 2 rings (SSSR count). The number of benzene rings is 1. The summed E-state index contributed by atoms with van der Waals surface area (Å²) >= 11 is 5.80. The molecule has 1 atom stereocenters. The van der Waals surface area contributed by atoms with E-state index in [0.717, 1.165) is 10.4 Å². The van der Waals surface area contributed by atoms with Gasteiger partial charge in [0.1, 0.15) is 11.9 Å². The van der Waals surface area contributed by atoms with E-state index in [9.17, 15) is 17.6 Å². The Balaban J connectivity index is 2.14. The van der Waals surface area contributed by atoms with Gasteiger partial charge < -0.3 is 9.33 Å². The quantitative estimate of drug-likeness (QED) is 0.655. The Morgan fingerprint density at radius 3 is 2.59 bits per heavy atom. The molecule has 0 aliphatic carbocycles. The number of anilines is 1. The molecule has 0 spiro atoms. The maximum atomic E-state index is 13.4. The van der Waals surface area contributed by atoms with Gasteiger partial charge in [0.25, 0.3) is 10.2 Å². The van der Waals surface area contributed by atoms with Crippen molar-refractivity contribution in [1.82, 2.24) is 9.03 Å². The zero-order chi connectivity index (χ0) is 22.2. The number of hydrogen-bond acceptors (Lipinski definition) is 4. The maximum absolute atomic E-state index is 13.4. The molecule has 1 aliphatic heterocycles. The number of rotatable bonds is 6. The lowest BCUT2D eigenvalue weighted by Gasteiger charge is -2.36. The van der Waals surface area contributed by atoms with E-state index in [2.05, 4.69) is 38.6 Å². The van der Waals surface area contributed by atoms with Crippen molar-refractivity contribution in [2.75, 3.05) is 31.6 Å². The summed E-state index contributed by atoms with van der Waals surface area (Å²) in [5.74, 6) is -1.03. The molecule has 1 N–H and O–H groups in total. The van der Waals surface area contributed by atoms with Gasteiger partial charge in [-0.2, -0.15) is 17.4 Å². The number of likely N-dealkylation sites (N-methyl/N-ethyl adjacent to an activating group) is 1. The molecule has 1 saturated heterocycles. The van der Waals surface area contributed by atoms with Crippen molar-refractivity contribution in [2.45, 2.75) is 44.9 Å². The largest absolute Gasteiger partial charge is 0.415 e. The predicted molar refractivity (Wildman–Crippen MR) is 115 cm³/mol. The Hall–Kier alpha value is -1.04. The molecule has 0 saturated carbocycles. The standard InChI is InChI=1S/C18H29ClFN3O4SSi/c1-18(2,3)29(5,6)27-10-9-23-16(12-21-28(23,25)26)17(24)22(4)13-7-8-15(20)14(19)11-13/h7-8,11,16,21H,9-10,12H2,1-6H3.